The van der Waals surface area contributed by atoms with Crippen LogP contribution in [0.15, 0.2) is 48.5 Å². The highest BCUT2D eigenvalue weighted by Gasteiger charge is 2.26. The highest BCUT2D eigenvalue weighted by atomic mass is 16.6. The van der Waals surface area contributed by atoms with Crippen molar-refractivity contribution in [2.75, 3.05) is 6.54 Å². The molecule has 2 heterocycles. The van der Waals surface area contributed by atoms with E-state index in [4.69, 9.17) is 9.47 Å². The lowest BCUT2D eigenvalue weighted by Crippen LogP contribution is -2.25. The molecule has 0 bridgehead atoms. The third-order valence-corrected chi connectivity index (χ3v) is 5.16. The van der Waals surface area contributed by atoms with Crippen molar-refractivity contribution < 1.29 is 14.3 Å². The lowest BCUT2D eigenvalue weighted by atomic mass is 9.97. The topological polar surface area (TPSA) is 73.3 Å². The number of rotatable bonds is 5. The zero-order valence-electron chi connectivity index (χ0n) is 19.1. The average Bonchev–Trinajstić information content (AvgIpc) is 2.75. The van der Waals surface area contributed by atoms with Crippen LogP contribution in [0.1, 0.15) is 59.5 Å². The van der Waals surface area contributed by atoms with Gasteiger partial charge in [-0.05, 0) is 69.5 Å². The number of nitrogens with one attached hydrogen (secondary N) is 1. The molecule has 0 aliphatic carbocycles. The highest BCUT2D eigenvalue weighted by molar-refractivity contribution is 5.91. The van der Waals surface area contributed by atoms with Crippen molar-refractivity contribution in [2.24, 2.45) is 0 Å². The molecule has 0 unspecified atom stereocenters. The summed E-state index contributed by atoms with van der Waals surface area (Å²) in [5, 5.41) is 3.39. The van der Waals surface area contributed by atoms with Crippen LogP contribution in [0.3, 0.4) is 0 Å². The van der Waals surface area contributed by atoms with E-state index in [0.717, 1.165) is 25.1 Å². The monoisotopic (exact) mass is 431 g/mol. The summed E-state index contributed by atoms with van der Waals surface area (Å²) in [6, 6.07) is 15.8. The molecule has 0 saturated heterocycles. The minimum atomic E-state index is -0.646. The Balaban J connectivity index is 1.68. The van der Waals surface area contributed by atoms with Gasteiger partial charge in [-0.25, -0.2) is 14.8 Å². The lowest BCUT2D eigenvalue weighted by molar-refractivity contribution is 0.00593. The average molecular weight is 432 g/mol. The van der Waals surface area contributed by atoms with Crippen LogP contribution in [0, 0.1) is 6.92 Å². The predicted molar refractivity (Wildman–Crippen MR) is 123 cm³/mol. The molecule has 0 fully saturated rings. The molecule has 166 valence electrons. The summed E-state index contributed by atoms with van der Waals surface area (Å²) in [6.45, 7) is 9.22. The molecular weight excluding hydrogens is 402 g/mol. The fourth-order valence-electron chi connectivity index (χ4n) is 3.72. The largest absolute Gasteiger partial charge is 0.455 e. The number of benzene rings is 2. The van der Waals surface area contributed by atoms with Crippen LogP contribution in [0.4, 0.5) is 0 Å². The van der Waals surface area contributed by atoms with Crippen LogP contribution in [0.2, 0.25) is 0 Å². The van der Waals surface area contributed by atoms with Crippen LogP contribution in [0.5, 0.6) is 11.5 Å². The second-order valence-corrected chi connectivity index (χ2v) is 9.03. The van der Waals surface area contributed by atoms with Gasteiger partial charge < -0.3 is 14.8 Å². The van der Waals surface area contributed by atoms with Crippen molar-refractivity contribution in [2.45, 2.75) is 52.7 Å². The molecule has 0 amide bonds. The fourth-order valence-corrected chi connectivity index (χ4v) is 3.72. The van der Waals surface area contributed by atoms with Gasteiger partial charge in [-0.2, -0.15) is 0 Å². The van der Waals surface area contributed by atoms with E-state index in [9.17, 15) is 4.79 Å². The first-order valence-corrected chi connectivity index (χ1v) is 10.9. The van der Waals surface area contributed by atoms with Gasteiger partial charge in [-0.15, -0.1) is 0 Å². The maximum absolute atomic E-state index is 13.0. The molecule has 1 N–H and O–H groups in total. The van der Waals surface area contributed by atoms with Crippen LogP contribution in [-0.2, 0) is 24.1 Å². The second kappa shape index (κ2) is 9.09. The number of ether oxygens (including phenoxy) is 2. The summed E-state index contributed by atoms with van der Waals surface area (Å²) < 4.78 is 11.6. The van der Waals surface area contributed by atoms with Gasteiger partial charge in [0, 0.05) is 13.0 Å². The van der Waals surface area contributed by atoms with Crippen molar-refractivity contribution in [3.8, 4) is 11.5 Å². The molecule has 6 heteroatoms. The molecule has 0 spiro atoms. The van der Waals surface area contributed by atoms with Crippen LogP contribution in [-0.4, -0.2) is 28.1 Å². The number of aryl methyl sites for hydroxylation is 1. The number of aromatic nitrogens is 2. The molecule has 0 atom stereocenters. The van der Waals surface area contributed by atoms with Crippen LogP contribution in [0.25, 0.3) is 0 Å². The number of fused-ring (bicyclic) bond motifs is 1. The molecule has 1 aliphatic rings. The van der Waals surface area contributed by atoms with Gasteiger partial charge in [0.25, 0.3) is 0 Å². The Morgan fingerprint density at radius 1 is 1.06 bits per heavy atom. The van der Waals surface area contributed by atoms with Crippen molar-refractivity contribution in [1.29, 1.82) is 0 Å². The van der Waals surface area contributed by atoms with Crippen LogP contribution < -0.4 is 10.1 Å². The number of carbonyl (C=O) groups excluding carboxylic acids is 1. The Morgan fingerprint density at radius 3 is 2.59 bits per heavy atom. The third-order valence-electron chi connectivity index (χ3n) is 5.16. The van der Waals surface area contributed by atoms with E-state index >= 15 is 0 Å². The molecule has 6 nitrogen and oxygen atoms in total. The third kappa shape index (κ3) is 5.32. The zero-order valence-corrected chi connectivity index (χ0v) is 19.1. The van der Waals surface area contributed by atoms with Gasteiger partial charge in [-0.1, -0.05) is 36.4 Å². The molecule has 0 radical (unpaired) electrons. The van der Waals surface area contributed by atoms with Gasteiger partial charge in [0.15, 0.2) is 11.4 Å². The van der Waals surface area contributed by atoms with Gasteiger partial charge in [0.2, 0.25) is 0 Å². The maximum atomic E-state index is 13.0. The maximum Gasteiger partial charge on any atom is 0.361 e. The number of hydrogen-bond acceptors (Lipinski definition) is 6. The Morgan fingerprint density at radius 2 is 1.84 bits per heavy atom. The van der Waals surface area contributed by atoms with E-state index in [0.29, 0.717) is 29.4 Å². The van der Waals surface area contributed by atoms with Crippen molar-refractivity contribution in [3.05, 3.63) is 82.4 Å². The second-order valence-electron chi connectivity index (χ2n) is 9.03. The fraction of sp³-hybridized carbons (Fsp3) is 0.346. The van der Waals surface area contributed by atoms with E-state index < -0.39 is 11.6 Å². The molecule has 4 rings (SSSR count). The number of nitrogens with zero attached hydrogens (tertiary/aromatic N) is 2. The summed E-state index contributed by atoms with van der Waals surface area (Å²) in [5.41, 5.74) is 3.91. The zero-order chi connectivity index (χ0) is 22.7. The number of hydrogen-bond donors (Lipinski definition) is 1. The highest BCUT2D eigenvalue weighted by Crippen LogP contribution is 2.29. The number of esters is 1. The molecule has 3 aromatic rings. The number of para-hydroxylation sites is 1. The minimum absolute atomic E-state index is 0.147. The van der Waals surface area contributed by atoms with Crippen molar-refractivity contribution in [1.82, 2.24) is 15.3 Å². The smallest absolute Gasteiger partial charge is 0.361 e. The normalized spacial score (nSPS) is 13.4. The van der Waals surface area contributed by atoms with Crippen molar-refractivity contribution >= 4 is 5.97 Å². The van der Waals surface area contributed by atoms with E-state index in [2.05, 4.69) is 33.5 Å². The molecular formula is C26H29N3O3. The Kier molecular flexibility index (Phi) is 6.24. The van der Waals surface area contributed by atoms with Gasteiger partial charge >= 0.3 is 5.97 Å². The SMILES string of the molecule is Cc1nc(Cc2ccc3c(c2)CCNC3)nc(C(=O)OC(C)(C)C)c1Oc1ccccc1. The summed E-state index contributed by atoms with van der Waals surface area (Å²) in [4.78, 5) is 22.3. The molecule has 2 aromatic carbocycles. The summed E-state index contributed by atoms with van der Waals surface area (Å²) in [5.74, 6) is 0.982. The lowest BCUT2D eigenvalue weighted by Gasteiger charge is -2.21. The standard InChI is InChI=1S/C26H29N3O3/c1-17-24(31-21-8-6-5-7-9-21)23(25(30)32-26(2,3)4)29-22(28-17)15-18-10-11-20-16-27-13-12-19(20)14-18/h5-11,14,27H,12-13,15-16H2,1-4H3. The molecule has 32 heavy (non-hydrogen) atoms. The van der Waals surface area contributed by atoms with Gasteiger partial charge in [0.05, 0.1) is 5.69 Å². The van der Waals surface area contributed by atoms with Gasteiger partial charge in [0.1, 0.15) is 17.2 Å². The predicted octanol–water partition coefficient (Wildman–Crippen LogP) is 4.77. The van der Waals surface area contributed by atoms with E-state index in [1.807, 2.05) is 58.0 Å². The first kappa shape index (κ1) is 22.0. The molecule has 1 aliphatic heterocycles. The first-order valence-electron chi connectivity index (χ1n) is 10.9. The molecule has 1 aromatic heterocycles. The first-order chi connectivity index (χ1) is 15.3. The van der Waals surface area contributed by atoms with Crippen molar-refractivity contribution in [3.63, 3.8) is 0 Å². The quantitative estimate of drug-likeness (QED) is 0.587. The molecule has 0 saturated carbocycles. The Bertz CT molecular complexity index is 1120. The summed E-state index contributed by atoms with van der Waals surface area (Å²) >= 11 is 0. The van der Waals surface area contributed by atoms with E-state index in [-0.39, 0.29) is 5.69 Å². The Hall–Kier alpha value is -3.25. The van der Waals surface area contributed by atoms with E-state index in [1.165, 1.54) is 11.1 Å². The number of carbonyl (C=O) groups is 1. The summed E-state index contributed by atoms with van der Waals surface area (Å²) in [7, 11) is 0. The summed E-state index contributed by atoms with van der Waals surface area (Å²) in [6.07, 6.45) is 1.54. The Labute approximate surface area is 189 Å². The van der Waals surface area contributed by atoms with Gasteiger partial charge in [-0.3, -0.25) is 0 Å². The minimum Gasteiger partial charge on any atom is -0.455 e. The van der Waals surface area contributed by atoms with Crippen LogP contribution >= 0.6 is 0 Å². The van der Waals surface area contributed by atoms with E-state index in [1.54, 1.807) is 0 Å².